The number of likely N-dealkylation sites (tertiary alicyclic amines) is 1. The molecule has 3 rings (SSSR count). The van der Waals surface area contributed by atoms with E-state index in [-0.39, 0.29) is 0 Å². The van der Waals surface area contributed by atoms with Gasteiger partial charge in [-0.1, -0.05) is 6.92 Å². The van der Waals surface area contributed by atoms with Crippen LogP contribution in [-0.2, 0) is 0 Å². The van der Waals surface area contributed by atoms with Crippen LogP contribution in [0.2, 0.25) is 0 Å². The van der Waals surface area contributed by atoms with Crippen molar-refractivity contribution in [1.82, 2.24) is 14.8 Å². The lowest BCUT2D eigenvalue weighted by Gasteiger charge is -2.35. The fourth-order valence-corrected chi connectivity index (χ4v) is 3.36. The van der Waals surface area contributed by atoms with E-state index in [9.17, 15) is 0 Å². The number of piperazine rings is 1. The summed E-state index contributed by atoms with van der Waals surface area (Å²) in [6.07, 6.45) is 5.86. The van der Waals surface area contributed by atoms with Crippen molar-refractivity contribution in [2.75, 3.05) is 58.3 Å². The number of nitrogens with zero attached hydrogens (tertiary/aromatic N) is 4. The summed E-state index contributed by atoms with van der Waals surface area (Å²) in [5.41, 5.74) is 0. The molecule has 2 aliphatic heterocycles. The first-order valence-corrected chi connectivity index (χ1v) is 9.32. The normalized spacial score (nSPS) is 22.2. The van der Waals surface area contributed by atoms with E-state index in [0.29, 0.717) is 0 Å². The van der Waals surface area contributed by atoms with Crippen LogP contribution >= 0.6 is 0 Å². The van der Waals surface area contributed by atoms with E-state index in [0.717, 1.165) is 43.8 Å². The average molecular weight is 335 g/mol. The van der Waals surface area contributed by atoms with Gasteiger partial charge in [0.2, 0.25) is 0 Å². The minimum Gasteiger partial charge on any atom is -0.493 e. The molecule has 0 N–H and O–H groups in total. The lowest BCUT2D eigenvalue weighted by molar-refractivity contribution is 0.257. The van der Waals surface area contributed by atoms with E-state index < -0.39 is 0 Å². The van der Waals surface area contributed by atoms with Gasteiger partial charge in [-0.2, -0.15) is 0 Å². The third-order valence-electron chi connectivity index (χ3n) is 5.07. The van der Waals surface area contributed by atoms with Crippen molar-refractivity contribution >= 4 is 5.82 Å². The van der Waals surface area contributed by atoms with E-state index in [1.165, 1.54) is 32.4 Å². The zero-order chi connectivity index (χ0) is 17.4. The van der Waals surface area contributed by atoms with Gasteiger partial charge in [-0.25, -0.2) is 4.98 Å². The molecule has 1 aromatic rings. The highest BCUT2D eigenvalue weighted by Gasteiger charge is 2.19. The Labute approximate surface area is 147 Å². The molecular weight excluding hydrogens is 300 g/mol. The molecule has 1 aromatic heterocycles. The zero-order valence-corrected chi connectivity index (χ0v) is 15.9. The number of aromatic nitrogens is 1. The number of methoxy groups -OCH3 is 1. The number of hydrogen-bond donors (Lipinski definition) is 0. The van der Waals surface area contributed by atoms with Gasteiger partial charge < -0.3 is 14.5 Å². The molecule has 24 heavy (non-hydrogen) atoms. The fourth-order valence-electron chi connectivity index (χ4n) is 3.36. The highest BCUT2D eigenvalue weighted by atomic mass is 16.5. The minimum absolute atomic E-state index is 0.847. The summed E-state index contributed by atoms with van der Waals surface area (Å²) in [6.45, 7) is 11.3. The van der Waals surface area contributed by atoms with E-state index in [1.54, 1.807) is 7.11 Å². The second kappa shape index (κ2) is 9.84. The maximum Gasteiger partial charge on any atom is 0.171 e. The van der Waals surface area contributed by atoms with E-state index >= 15 is 0 Å². The first-order valence-electron chi connectivity index (χ1n) is 9.32. The largest absolute Gasteiger partial charge is 0.493 e. The SMILES string of the molecule is CC1CCCN1C.CCCN1CCN(c2ncccc2OC)CC1. The molecule has 0 aliphatic carbocycles. The molecule has 136 valence electrons. The smallest absolute Gasteiger partial charge is 0.171 e. The summed E-state index contributed by atoms with van der Waals surface area (Å²) in [5, 5.41) is 0. The predicted molar refractivity (Wildman–Crippen MR) is 101 cm³/mol. The van der Waals surface area contributed by atoms with Crippen LogP contribution < -0.4 is 9.64 Å². The quantitative estimate of drug-likeness (QED) is 0.845. The van der Waals surface area contributed by atoms with Gasteiger partial charge in [-0.15, -0.1) is 0 Å². The first-order chi connectivity index (χ1) is 11.7. The van der Waals surface area contributed by atoms with Crippen molar-refractivity contribution in [3.8, 4) is 5.75 Å². The number of ether oxygens (including phenoxy) is 1. The molecule has 2 fully saturated rings. The van der Waals surface area contributed by atoms with Crippen molar-refractivity contribution < 1.29 is 4.74 Å². The Morgan fingerprint density at radius 2 is 1.96 bits per heavy atom. The van der Waals surface area contributed by atoms with Gasteiger partial charge in [0.1, 0.15) is 0 Å². The standard InChI is InChI=1S/C13H21N3O.C6H13N/c1-3-7-15-8-10-16(11-9-15)13-12(17-2)5-4-6-14-13;1-6-4-3-5-7(6)2/h4-6H,3,7-11H2,1-2H3;6H,3-5H2,1-2H3. The van der Waals surface area contributed by atoms with Crippen LogP contribution in [0.15, 0.2) is 18.3 Å². The molecule has 1 unspecified atom stereocenters. The number of hydrogen-bond acceptors (Lipinski definition) is 5. The molecule has 0 spiro atoms. The van der Waals surface area contributed by atoms with Gasteiger partial charge in [0, 0.05) is 38.4 Å². The van der Waals surface area contributed by atoms with Gasteiger partial charge in [-0.3, -0.25) is 4.90 Å². The Balaban J connectivity index is 0.000000249. The van der Waals surface area contributed by atoms with Crippen LogP contribution in [0, 0.1) is 0 Å². The number of rotatable bonds is 4. The highest BCUT2D eigenvalue weighted by molar-refractivity contribution is 5.52. The molecule has 1 atom stereocenters. The van der Waals surface area contributed by atoms with Gasteiger partial charge in [0.15, 0.2) is 11.6 Å². The molecule has 5 heteroatoms. The Hall–Kier alpha value is -1.33. The maximum absolute atomic E-state index is 5.36. The van der Waals surface area contributed by atoms with Crippen LogP contribution in [0.5, 0.6) is 5.75 Å². The van der Waals surface area contributed by atoms with Crippen molar-refractivity contribution in [2.45, 2.75) is 39.2 Å². The molecule has 0 aromatic carbocycles. The molecule has 0 saturated carbocycles. The number of pyridine rings is 1. The Morgan fingerprint density at radius 1 is 1.21 bits per heavy atom. The highest BCUT2D eigenvalue weighted by Crippen LogP contribution is 2.25. The minimum atomic E-state index is 0.847. The lowest BCUT2D eigenvalue weighted by atomic mass is 10.3. The van der Waals surface area contributed by atoms with Gasteiger partial charge in [0.25, 0.3) is 0 Å². The Kier molecular flexibility index (Phi) is 7.79. The van der Waals surface area contributed by atoms with Crippen LogP contribution in [0.25, 0.3) is 0 Å². The van der Waals surface area contributed by atoms with Crippen LogP contribution in [-0.4, -0.2) is 74.3 Å². The zero-order valence-electron chi connectivity index (χ0n) is 15.9. The topological polar surface area (TPSA) is 31.8 Å². The average Bonchev–Trinajstić information content (AvgIpc) is 2.99. The molecular formula is C19H34N4O. The van der Waals surface area contributed by atoms with Crippen molar-refractivity contribution in [1.29, 1.82) is 0 Å². The maximum atomic E-state index is 5.36. The van der Waals surface area contributed by atoms with Crippen LogP contribution in [0.4, 0.5) is 5.82 Å². The molecule has 0 amide bonds. The van der Waals surface area contributed by atoms with Gasteiger partial charge in [-0.05, 0) is 58.5 Å². The van der Waals surface area contributed by atoms with Crippen molar-refractivity contribution in [3.05, 3.63) is 18.3 Å². The molecule has 3 heterocycles. The van der Waals surface area contributed by atoms with Gasteiger partial charge in [0.05, 0.1) is 7.11 Å². The Bertz CT molecular complexity index is 466. The summed E-state index contributed by atoms with van der Waals surface area (Å²) in [7, 11) is 3.89. The second-order valence-electron chi connectivity index (χ2n) is 6.83. The summed E-state index contributed by atoms with van der Waals surface area (Å²) in [6, 6.07) is 4.73. The summed E-state index contributed by atoms with van der Waals surface area (Å²) in [4.78, 5) is 11.6. The summed E-state index contributed by atoms with van der Waals surface area (Å²) >= 11 is 0. The van der Waals surface area contributed by atoms with Crippen LogP contribution in [0.3, 0.4) is 0 Å². The first kappa shape index (κ1) is 19.0. The molecule has 5 nitrogen and oxygen atoms in total. The van der Waals surface area contributed by atoms with Gasteiger partial charge >= 0.3 is 0 Å². The molecule has 0 bridgehead atoms. The van der Waals surface area contributed by atoms with Crippen molar-refractivity contribution in [2.24, 2.45) is 0 Å². The third-order valence-corrected chi connectivity index (χ3v) is 5.07. The molecule has 2 aliphatic rings. The van der Waals surface area contributed by atoms with E-state index in [1.807, 2.05) is 18.3 Å². The molecule has 0 radical (unpaired) electrons. The molecule has 2 saturated heterocycles. The monoisotopic (exact) mass is 334 g/mol. The third kappa shape index (κ3) is 5.35. The second-order valence-corrected chi connectivity index (χ2v) is 6.83. The lowest BCUT2D eigenvalue weighted by Crippen LogP contribution is -2.46. The summed E-state index contributed by atoms with van der Waals surface area (Å²) < 4.78 is 5.36. The van der Waals surface area contributed by atoms with Crippen LogP contribution in [0.1, 0.15) is 33.1 Å². The Morgan fingerprint density at radius 3 is 2.46 bits per heavy atom. The van der Waals surface area contributed by atoms with Crippen molar-refractivity contribution in [3.63, 3.8) is 0 Å². The predicted octanol–water partition coefficient (Wildman–Crippen LogP) is 2.72. The number of anilines is 1. The fraction of sp³-hybridized carbons (Fsp3) is 0.737. The van der Waals surface area contributed by atoms with E-state index in [4.69, 9.17) is 4.74 Å². The summed E-state index contributed by atoms with van der Waals surface area (Å²) in [5.74, 6) is 1.85. The van der Waals surface area contributed by atoms with E-state index in [2.05, 4.69) is 40.6 Å².